The highest BCUT2D eigenvalue weighted by Gasteiger charge is 1.90. The van der Waals surface area contributed by atoms with Gasteiger partial charge in [-0.25, -0.2) is 4.98 Å². The molecular formula is C8H12N4O. The predicted molar refractivity (Wildman–Crippen MR) is 51.5 cm³/mol. The first kappa shape index (κ1) is 9.47. The van der Waals surface area contributed by atoms with Crippen LogP contribution in [0.3, 0.4) is 0 Å². The van der Waals surface area contributed by atoms with Crippen LogP contribution >= 0.6 is 0 Å². The van der Waals surface area contributed by atoms with E-state index in [0.29, 0.717) is 18.9 Å². The molecule has 0 amide bonds. The summed E-state index contributed by atoms with van der Waals surface area (Å²) in [7, 11) is 0. The van der Waals surface area contributed by atoms with E-state index in [1.165, 1.54) is 12.4 Å². The Morgan fingerprint density at radius 3 is 3.15 bits per heavy atom. The van der Waals surface area contributed by atoms with E-state index in [2.05, 4.69) is 15.3 Å². The lowest BCUT2D eigenvalue weighted by atomic mass is 10.4. The van der Waals surface area contributed by atoms with Gasteiger partial charge in [0.1, 0.15) is 5.82 Å². The fourth-order valence-corrected chi connectivity index (χ4v) is 0.808. The fraction of sp³-hybridized carbons (Fsp3) is 0.250. The van der Waals surface area contributed by atoms with Crippen molar-refractivity contribution in [2.75, 3.05) is 18.4 Å². The number of hydrogen-bond acceptors (Lipinski definition) is 4. The summed E-state index contributed by atoms with van der Waals surface area (Å²) in [4.78, 5) is 17.1. The molecule has 13 heavy (non-hydrogen) atoms. The summed E-state index contributed by atoms with van der Waals surface area (Å²) < 4.78 is 0. The third-order valence-corrected chi connectivity index (χ3v) is 1.38. The third kappa shape index (κ3) is 3.53. The highest BCUT2D eigenvalue weighted by atomic mass is 16.1. The number of rotatable bonds is 4. The molecule has 0 aliphatic carbocycles. The Bertz CT molecular complexity index is 331. The average Bonchev–Trinajstić information content (AvgIpc) is 2.13. The summed E-state index contributed by atoms with van der Waals surface area (Å²) in [5, 5.41) is 2.95. The molecule has 1 aromatic heterocycles. The van der Waals surface area contributed by atoms with Gasteiger partial charge in [0.15, 0.2) is 0 Å². The van der Waals surface area contributed by atoms with Gasteiger partial charge in [-0.2, -0.15) is 0 Å². The van der Waals surface area contributed by atoms with Crippen molar-refractivity contribution in [2.24, 2.45) is 5.73 Å². The van der Waals surface area contributed by atoms with Gasteiger partial charge in [0.05, 0.1) is 6.33 Å². The van der Waals surface area contributed by atoms with Crippen LogP contribution < -0.4 is 16.6 Å². The number of aromatic amines is 1. The molecule has 5 nitrogen and oxygen atoms in total. The lowest BCUT2D eigenvalue weighted by Gasteiger charge is -1.99. The van der Waals surface area contributed by atoms with E-state index in [9.17, 15) is 4.79 Å². The zero-order valence-corrected chi connectivity index (χ0v) is 7.16. The molecule has 1 rings (SSSR count). The minimum absolute atomic E-state index is 0.166. The molecule has 1 aromatic rings. The van der Waals surface area contributed by atoms with Crippen LogP contribution in [0.1, 0.15) is 0 Å². The quantitative estimate of drug-likeness (QED) is 0.555. The number of H-pyrrole nitrogens is 1. The van der Waals surface area contributed by atoms with E-state index in [-0.39, 0.29) is 5.56 Å². The lowest BCUT2D eigenvalue weighted by Crippen LogP contribution is -2.09. The fourth-order valence-electron chi connectivity index (χ4n) is 0.808. The monoisotopic (exact) mass is 180 g/mol. The van der Waals surface area contributed by atoms with Gasteiger partial charge in [0.2, 0.25) is 0 Å². The molecule has 0 saturated heterocycles. The van der Waals surface area contributed by atoms with Crippen LogP contribution in [0, 0.1) is 0 Å². The van der Waals surface area contributed by atoms with Crippen molar-refractivity contribution in [3.8, 4) is 0 Å². The van der Waals surface area contributed by atoms with Gasteiger partial charge in [-0.1, -0.05) is 12.2 Å². The molecule has 70 valence electrons. The summed E-state index contributed by atoms with van der Waals surface area (Å²) >= 11 is 0. The van der Waals surface area contributed by atoms with Crippen molar-refractivity contribution in [2.45, 2.75) is 0 Å². The molecule has 0 spiro atoms. The molecule has 0 aromatic carbocycles. The standard InChI is InChI=1S/C8H12N4O/c9-3-1-2-4-10-7-5-8(13)12-6-11-7/h1-2,5-6H,3-4,9H2,(H2,10,11,12,13)/b2-1+. The Balaban J connectivity index is 2.45. The average molecular weight is 180 g/mol. The second-order valence-electron chi connectivity index (χ2n) is 2.38. The van der Waals surface area contributed by atoms with Crippen LogP contribution in [0.25, 0.3) is 0 Å². The molecule has 4 N–H and O–H groups in total. The van der Waals surface area contributed by atoms with Gasteiger partial charge in [-0.15, -0.1) is 0 Å². The maximum Gasteiger partial charge on any atom is 0.252 e. The topological polar surface area (TPSA) is 83.8 Å². The minimum Gasteiger partial charge on any atom is -0.366 e. The number of anilines is 1. The second-order valence-corrected chi connectivity index (χ2v) is 2.38. The van der Waals surface area contributed by atoms with Crippen LogP contribution in [0.5, 0.6) is 0 Å². The van der Waals surface area contributed by atoms with Gasteiger partial charge >= 0.3 is 0 Å². The molecule has 0 saturated carbocycles. The highest BCUT2D eigenvalue weighted by Crippen LogP contribution is 1.92. The van der Waals surface area contributed by atoms with Crippen LogP contribution in [-0.4, -0.2) is 23.1 Å². The molecular weight excluding hydrogens is 168 g/mol. The Labute approximate surface area is 75.7 Å². The summed E-state index contributed by atoms with van der Waals surface area (Å²) in [6.07, 6.45) is 5.07. The van der Waals surface area contributed by atoms with E-state index in [1.54, 1.807) is 0 Å². The van der Waals surface area contributed by atoms with Crippen molar-refractivity contribution in [3.63, 3.8) is 0 Å². The maximum atomic E-state index is 10.8. The molecule has 0 bridgehead atoms. The molecule has 1 heterocycles. The van der Waals surface area contributed by atoms with Gasteiger partial charge in [-0.3, -0.25) is 4.79 Å². The zero-order chi connectivity index (χ0) is 9.52. The van der Waals surface area contributed by atoms with E-state index in [1.807, 2.05) is 12.2 Å². The van der Waals surface area contributed by atoms with Gasteiger partial charge in [0.25, 0.3) is 5.56 Å². The molecule has 0 unspecified atom stereocenters. The number of nitrogens with two attached hydrogens (primary N) is 1. The summed E-state index contributed by atoms with van der Waals surface area (Å²) in [5.41, 5.74) is 5.08. The van der Waals surface area contributed by atoms with Gasteiger partial charge < -0.3 is 16.0 Å². The van der Waals surface area contributed by atoms with Crippen LogP contribution in [0.2, 0.25) is 0 Å². The van der Waals surface area contributed by atoms with Crippen molar-refractivity contribution in [1.29, 1.82) is 0 Å². The van der Waals surface area contributed by atoms with E-state index < -0.39 is 0 Å². The molecule has 0 atom stereocenters. The Morgan fingerprint density at radius 1 is 1.62 bits per heavy atom. The molecule has 0 radical (unpaired) electrons. The number of nitrogens with one attached hydrogen (secondary N) is 2. The summed E-state index contributed by atoms with van der Waals surface area (Å²) in [5.74, 6) is 0.561. The van der Waals surface area contributed by atoms with E-state index in [0.717, 1.165) is 0 Å². The normalized spacial score (nSPS) is 10.5. The second kappa shape index (κ2) is 5.10. The Morgan fingerprint density at radius 2 is 2.46 bits per heavy atom. The van der Waals surface area contributed by atoms with Crippen molar-refractivity contribution >= 4 is 5.82 Å². The molecule has 5 heteroatoms. The predicted octanol–water partition coefficient (Wildman–Crippen LogP) is -0.303. The zero-order valence-electron chi connectivity index (χ0n) is 7.16. The largest absolute Gasteiger partial charge is 0.366 e. The third-order valence-electron chi connectivity index (χ3n) is 1.38. The number of nitrogens with zero attached hydrogens (tertiary/aromatic N) is 1. The SMILES string of the molecule is NC/C=C/CNc1cc(=O)[nH]cn1. The first-order chi connectivity index (χ1) is 6.33. The van der Waals surface area contributed by atoms with Crippen LogP contribution in [0.4, 0.5) is 5.82 Å². The molecule has 0 aliphatic heterocycles. The van der Waals surface area contributed by atoms with Crippen LogP contribution in [0.15, 0.2) is 29.3 Å². The smallest absolute Gasteiger partial charge is 0.252 e. The number of aromatic nitrogens is 2. The Kier molecular flexibility index (Phi) is 3.72. The Hall–Kier alpha value is -1.62. The van der Waals surface area contributed by atoms with E-state index in [4.69, 9.17) is 5.73 Å². The molecule has 0 fully saturated rings. The highest BCUT2D eigenvalue weighted by molar-refractivity contribution is 5.32. The van der Waals surface area contributed by atoms with Crippen molar-refractivity contribution < 1.29 is 0 Å². The van der Waals surface area contributed by atoms with Gasteiger partial charge in [0, 0.05) is 19.2 Å². The first-order valence-corrected chi connectivity index (χ1v) is 3.96. The minimum atomic E-state index is -0.166. The maximum absolute atomic E-state index is 10.8. The summed E-state index contributed by atoms with van der Waals surface area (Å²) in [6.45, 7) is 1.14. The van der Waals surface area contributed by atoms with E-state index >= 15 is 0 Å². The number of hydrogen-bond donors (Lipinski definition) is 3. The van der Waals surface area contributed by atoms with Crippen molar-refractivity contribution in [3.05, 3.63) is 34.9 Å². The van der Waals surface area contributed by atoms with Crippen LogP contribution in [-0.2, 0) is 0 Å². The van der Waals surface area contributed by atoms with Gasteiger partial charge in [-0.05, 0) is 0 Å². The molecule has 0 aliphatic rings. The first-order valence-electron chi connectivity index (χ1n) is 3.96. The lowest BCUT2D eigenvalue weighted by molar-refractivity contribution is 1.10. The summed E-state index contributed by atoms with van der Waals surface area (Å²) in [6, 6.07) is 1.40. The van der Waals surface area contributed by atoms with Crippen molar-refractivity contribution in [1.82, 2.24) is 9.97 Å².